The van der Waals surface area contributed by atoms with Gasteiger partial charge in [0.25, 0.3) is 0 Å². The van der Waals surface area contributed by atoms with Gasteiger partial charge in [0.2, 0.25) is 0 Å². The summed E-state index contributed by atoms with van der Waals surface area (Å²) in [6, 6.07) is 6.44. The van der Waals surface area contributed by atoms with E-state index >= 15 is 0 Å². The minimum Gasteiger partial charge on any atom is -0.324 e. The maximum Gasteiger partial charge on any atom is 0.0314 e. The van der Waals surface area contributed by atoms with Crippen molar-refractivity contribution in [3.63, 3.8) is 0 Å². The first-order valence-electron chi connectivity index (χ1n) is 5.03. The van der Waals surface area contributed by atoms with Crippen LogP contribution in [0, 0.1) is 0 Å². The van der Waals surface area contributed by atoms with E-state index < -0.39 is 0 Å². The van der Waals surface area contributed by atoms with Crippen LogP contribution in [0.1, 0.15) is 39.3 Å². The van der Waals surface area contributed by atoms with Gasteiger partial charge < -0.3 is 5.73 Å². The molecule has 0 amide bonds. The first kappa shape index (κ1) is 13.1. The molecular formula is C12H18BrNS. The Labute approximate surface area is 105 Å². The van der Waals surface area contributed by atoms with Gasteiger partial charge in [-0.1, -0.05) is 26.8 Å². The number of rotatable bonds is 2. The normalized spacial score (nSPS) is 14.0. The van der Waals surface area contributed by atoms with Crippen molar-refractivity contribution in [2.75, 3.05) is 0 Å². The van der Waals surface area contributed by atoms with E-state index in [1.165, 1.54) is 10.5 Å². The summed E-state index contributed by atoms with van der Waals surface area (Å²) in [5.41, 5.74) is 7.00. The lowest BCUT2D eigenvalue weighted by Gasteiger charge is -2.19. The van der Waals surface area contributed by atoms with Crippen LogP contribution in [0.4, 0.5) is 0 Å². The number of hydrogen-bond donors (Lipinski definition) is 1. The minimum atomic E-state index is 0.0926. The molecule has 0 fully saturated rings. The van der Waals surface area contributed by atoms with Crippen molar-refractivity contribution < 1.29 is 0 Å². The standard InChI is InChI=1S/C12H18BrNS/c1-8(14)9-5-6-11(10(13)7-9)15-12(2,3)4/h5-8H,14H2,1-4H3/t8-/m0/s1. The van der Waals surface area contributed by atoms with E-state index in [1.807, 2.05) is 18.7 Å². The highest BCUT2D eigenvalue weighted by Crippen LogP contribution is 2.37. The Kier molecular flexibility index (Phi) is 4.27. The highest BCUT2D eigenvalue weighted by atomic mass is 79.9. The van der Waals surface area contributed by atoms with Crippen molar-refractivity contribution in [1.82, 2.24) is 0 Å². The van der Waals surface area contributed by atoms with E-state index in [0.717, 1.165) is 4.47 Å². The zero-order valence-corrected chi connectivity index (χ0v) is 12.1. The third-order valence-corrected chi connectivity index (χ3v) is 4.00. The topological polar surface area (TPSA) is 26.0 Å². The predicted molar refractivity (Wildman–Crippen MR) is 72.4 cm³/mol. The van der Waals surface area contributed by atoms with Gasteiger partial charge in [0.05, 0.1) is 0 Å². The molecule has 1 rings (SSSR count). The molecule has 0 aliphatic carbocycles. The quantitative estimate of drug-likeness (QED) is 0.818. The van der Waals surface area contributed by atoms with Gasteiger partial charge in [0.15, 0.2) is 0 Å². The van der Waals surface area contributed by atoms with E-state index in [2.05, 4.69) is 54.9 Å². The molecular weight excluding hydrogens is 270 g/mol. The van der Waals surface area contributed by atoms with Crippen LogP contribution in [0.3, 0.4) is 0 Å². The molecule has 0 bridgehead atoms. The van der Waals surface area contributed by atoms with Crippen molar-refractivity contribution in [2.24, 2.45) is 5.73 Å². The molecule has 0 aliphatic heterocycles. The lowest BCUT2D eigenvalue weighted by molar-refractivity contribution is 0.800. The third kappa shape index (κ3) is 4.17. The van der Waals surface area contributed by atoms with Crippen LogP contribution in [-0.4, -0.2) is 4.75 Å². The van der Waals surface area contributed by atoms with E-state index in [0.29, 0.717) is 0 Å². The van der Waals surface area contributed by atoms with Crippen molar-refractivity contribution in [3.8, 4) is 0 Å². The minimum absolute atomic E-state index is 0.0926. The Bertz CT molecular complexity index is 342. The fourth-order valence-electron chi connectivity index (χ4n) is 1.21. The Balaban J connectivity index is 2.94. The van der Waals surface area contributed by atoms with Crippen molar-refractivity contribution in [3.05, 3.63) is 28.2 Å². The lowest BCUT2D eigenvalue weighted by Crippen LogP contribution is -2.08. The largest absolute Gasteiger partial charge is 0.324 e. The van der Waals surface area contributed by atoms with Crippen molar-refractivity contribution in [2.45, 2.75) is 43.4 Å². The molecule has 0 heterocycles. The summed E-state index contributed by atoms with van der Waals surface area (Å²) in [6.07, 6.45) is 0. The Morgan fingerprint density at radius 1 is 1.33 bits per heavy atom. The molecule has 1 atom stereocenters. The number of halogens is 1. The van der Waals surface area contributed by atoms with Gasteiger partial charge in [0, 0.05) is 20.2 Å². The summed E-state index contributed by atoms with van der Waals surface area (Å²) >= 11 is 5.45. The third-order valence-electron chi connectivity index (χ3n) is 1.90. The van der Waals surface area contributed by atoms with Gasteiger partial charge in [0.1, 0.15) is 0 Å². The highest BCUT2D eigenvalue weighted by Gasteiger charge is 2.14. The molecule has 0 radical (unpaired) electrons. The molecule has 0 spiro atoms. The molecule has 0 saturated heterocycles. The monoisotopic (exact) mass is 287 g/mol. The van der Waals surface area contributed by atoms with Gasteiger partial charge in [-0.3, -0.25) is 0 Å². The van der Waals surface area contributed by atoms with Crippen LogP contribution in [0.25, 0.3) is 0 Å². The van der Waals surface area contributed by atoms with E-state index in [-0.39, 0.29) is 10.8 Å². The summed E-state index contributed by atoms with van der Waals surface area (Å²) in [6.45, 7) is 8.63. The summed E-state index contributed by atoms with van der Waals surface area (Å²) in [4.78, 5) is 1.27. The lowest BCUT2D eigenvalue weighted by atomic mass is 10.1. The van der Waals surface area contributed by atoms with Crippen LogP contribution in [0.15, 0.2) is 27.6 Å². The van der Waals surface area contributed by atoms with E-state index in [4.69, 9.17) is 5.73 Å². The Hall–Kier alpha value is 0.01000. The molecule has 2 N–H and O–H groups in total. The molecule has 0 saturated carbocycles. The van der Waals surface area contributed by atoms with Crippen molar-refractivity contribution >= 4 is 27.7 Å². The van der Waals surface area contributed by atoms with Crippen molar-refractivity contribution in [1.29, 1.82) is 0 Å². The van der Waals surface area contributed by atoms with Crippen LogP contribution >= 0.6 is 27.7 Å². The molecule has 84 valence electrons. The van der Waals surface area contributed by atoms with E-state index in [1.54, 1.807) is 0 Å². The number of thioether (sulfide) groups is 1. The summed E-state index contributed by atoms with van der Waals surface area (Å²) in [7, 11) is 0. The first-order chi connectivity index (χ1) is 6.79. The van der Waals surface area contributed by atoms with Crippen LogP contribution in [0.2, 0.25) is 0 Å². The second kappa shape index (κ2) is 4.89. The van der Waals surface area contributed by atoms with Gasteiger partial charge in [-0.15, -0.1) is 11.8 Å². The summed E-state index contributed by atoms with van der Waals surface area (Å²) in [5.74, 6) is 0. The Morgan fingerprint density at radius 2 is 1.93 bits per heavy atom. The van der Waals surface area contributed by atoms with Gasteiger partial charge >= 0.3 is 0 Å². The average molecular weight is 288 g/mol. The SMILES string of the molecule is C[C@H](N)c1ccc(SC(C)(C)C)c(Br)c1. The Morgan fingerprint density at radius 3 is 2.33 bits per heavy atom. The fourth-order valence-corrected chi connectivity index (χ4v) is 2.80. The number of nitrogens with two attached hydrogens (primary N) is 1. The molecule has 3 heteroatoms. The van der Waals surface area contributed by atoms with Crippen LogP contribution in [0.5, 0.6) is 0 Å². The molecule has 15 heavy (non-hydrogen) atoms. The molecule has 0 unspecified atom stereocenters. The zero-order valence-electron chi connectivity index (χ0n) is 9.67. The first-order valence-corrected chi connectivity index (χ1v) is 6.64. The highest BCUT2D eigenvalue weighted by molar-refractivity contribution is 9.10. The molecule has 0 aromatic heterocycles. The maximum atomic E-state index is 5.83. The van der Waals surface area contributed by atoms with Crippen LogP contribution < -0.4 is 5.73 Å². The number of hydrogen-bond acceptors (Lipinski definition) is 2. The molecule has 1 nitrogen and oxygen atoms in total. The molecule has 1 aromatic rings. The summed E-state index contributed by atoms with van der Waals surface area (Å²) < 4.78 is 1.37. The molecule has 1 aromatic carbocycles. The second-order valence-electron chi connectivity index (χ2n) is 4.69. The van der Waals surface area contributed by atoms with Gasteiger partial charge in [-0.25, -0.2) is 0 Å². The summed E-state index contributed by atoms with van der Waals surface area (Å²) in [5, 5.41) is 0. The van der Waals surface area contributed by atoms with Gasteiger partial charge in [-0.05, 0) is 40.5 Å². The fraction of sp³-hybridized carbons (Fsp3) is 0.500. The second-order valence-corrected chi connectivity index (χ2v) is 7.42. The zero-order chi connectivity index (χ0) is 11.6. The maximum absolute atomic E-state index is 5.83. The van der Waals surface area contributed by atoms with Crippen LogP contribution in [-0.2, 0) is 0 Å². The van der Waals surface area contributed by atoms with Gasteiger partial charge in [-0.2, -0.15) is 0 Å². The number of benzene rings is 1. The average Bonchev–Trinajstić information content (AvgIpc) is 2.05. The smallest absolute Gasteiger partial charge is 0.0314 e. The van der Waals surface area contributed by atoms with E-state index in [9.17, 15) is 0 Å². The molecule has 0 aliphatic rings. The predicted octanol–water partition coefficient (Wildman–Crippen LogP) is 4.36.